The van der Waals surface area contributed by atoms with Crippen LogP contribution in [0.25, 0.3) is 0 Å². The Morgan fingerprint density at radius 1 is 0.750 bits per heavy atom. The van der Waals surface area contributed by atoms with Crippen LogP contribution in [0.1, 0.15) is 84.0 Å². The van der Waals surface area contributed by atoms with Crippen molar-refractivity contribution in [2.75, 3.05) is 0 Å². The van der Waals surface area contributed by atoms with Gasteiger partial charge in [0.2, 0.25) is 0 Å². The Morgan fingerprint density at radius 3 is 1.50 bits per heavy atom. The van der Waals surface area contributed by atoms with E-state index >= 15 is 0 Å². The predicted molar refractivity (Wildman–Crippen MR) is 66.1 cm³/mol. The van der Waals surface area contributed by atoms with Gasteiger partial charge < -0.3 is 0 Å². The second-order valence-corrected chi connectivity index (χ2v) is 5.12. The summed E-state index contributed by atoms with van der Waals surface area (Å²) in [5, 5.41) is 0. The Bertz CT molecular complexity index is 157. The van der Waals surface area contributed by atoms with Crippen LogP contribution in [-0.4, -0.2) is 4.68 Å². The fourth-order valence-corrected chi connectivity index (χ4v) is 2.08. The van der Waals surface area contributed by atoms with Crippen LogP contribution < -0.4 is 0 Å². The molecule has 0 saturated carbocycles. The van der Waals surface area contributed by atoms with E-state index < -0.39 is 0 Å². The first-order chi connectivity index (χ1) is 7.77. The van der Waals surface area contributed by atoms with E-state index in [4.69, 9.17) is 0 Å². The van der Waals surface area contributed by atoms with E-state index in [2.05, 4.69) is 22.9 Å². The van der Waals surface area contributed by atoms with Crippen LogP contribution in [0.5, 0.6) is 0 Å². The average Bonchev–Trinajstić information content (AvgIpc) is 2.25. The molecular formula is C14H27CuO. The second kappa shape index (κ2) is 13.3. The molecule has 0 aromatic carbocycles. The molecule has 2 heteroatoms. The summed E-state index contributed by atoms with van der Waals surface area (Å²) in [5.74, 6) is 0. The van der Waals surface area contributed by atoms with Crippen molar-refractivity contribution < 1.29 is 20.8 Å². The second-order valence-electron chi connectivity index (χ2n) is 4.60. The number of unbranched alkanes of at least 4 members (excludes halogenated alkanes) is 10. The SMILES string of the molecule is CCCCCCCCCCCCC[C](=O)[Cu]. The third-order valence-electron chi connectivity index (χ3n) is 2.96. The molecule has 0 bridgehead atoms. The molecule has 0 aliphatic heterocycles. The first kappa shape index (κ1) is 16.2. The molecule has 0 aromatic rings. The van der Waals surface area contributed by atoms with E-state index in [0.717, 1.165) is 6.42 Å². The molecule has 0 unspecified atom stereocenters. The van der Waals surface area contributed by atoms with Crippen LogP contribution in [0.2, 0.25) is 0 Å². The number of carbonyl (C=O) groups excluding carboxylic acids is 1. The maximum atomic E-state index is 10.5. The third kappa shape index (κ3) is 14.2. The van der Waals surface area contributed by atoms with Crippen molar-refractivity contribution in [2.45, 2.75) is 84.0 Å². The van der Waals surface area contributed by atoms with Gasteiger partial charge in [0.05, 0.1) is 0 Å². The van der Waals surface area contributed by atoms with Gasteiger partial charge in [0, 0.05) is 0 Å². The molecule has 0 fully saturated rings. The normalized spacial score (nSPS) is 10.7. The monoisotopic (exact) mass is 274 g/mol. The summed E-state index contributed by atoms with van der Waals surface area (Å²) in [5.41, 5.74) is 0. The number of carbonyl (C=O) groups is 1. The van der Waals surface area contributed by atoms with Crippen LogP contribution in [0, 0.1) is 0 Å². The zero-order valence-corrected chi connectivity index (χ0v) is 11.6. The van der Waals surface area contributed by atoms with Crippen molar-refractivity contribution in [2.24, 2.45) is 0 Å². The molecule has 0 N–H and O–H groups in total. The molecule has 0 amide bonds. The Balaban J connectivity index is 2.90. The molecule has 0 rings (SSSR count). The summed E-state index contributed by atoms with van der Waals surface area (Å²) in [4.78, 5) is 10.5. The summed E-state index contributed by atoms with van der Waals surface area (Å²) < 4.78 is -0.0941. The maximum absolute atomic E-state index is 10.5. The zero-order chi connectivity index (χ0) is 12.1. The summed E-state index contributed by atoms with van der Waals surface area (Å²) in [6.45, 7) is 2.26. The Morgan fingerprint density at radius 2 is 1.12 bits per heavy atom. The minimum atomic E-state index is -0.0941. The van der Waals surface area contributed by atoms with Crippen LogP contribution in [0.3, 0.4) is 0 Å². The van der Waals surface area contributed by atoms with Gasteiger partial charge in [-0.3, -0.25) is 0 Å². The van der Waals surface area contributed by atoms with Crippen molar-refractivity contribution in [3.05, 3.63) is 0 Å². The summed E-state index contributed by atoms with van der Waals surface area (Å²) >= 11 is 4.65. The summed E-state index contributed by atoms with van der Waals surface area (Å²) in [6.07, 6.45) is 15.1. The molecule has 0 aliphatic carbocycles. The molecule has 1 nitrogen and oxygen atoms in total. The molecule has 16 heavy (non-hydrogen) atoms. The molecule has 0 saturated heterocycles. The predicted octanol–water partition coefficient (Wildman–Crippen LogP) is 4.76. The van der Waals surface area contributed by atoms with Gasteiger partial charge >= 0.3 is 96.1 Å². The van der Waals surface area contributed by atoms with Crippen LogP contribution in [0.15, 0.2) is 0 Å². The number of hydrogen-bond acceptors (Lipinski definition) is 1. The van der Waals surface area contributed by atoms with E-state index in [9.17, 15) is 4.79 Å². The minimum absolute atomic E-state index is 0.0941. The van der Waals surface area contributed by atoms with E-state index in [1.807, 2.05) is 0 Å². The molecule has 0 aromatic heterocycles. The number of rotatable bonds is 12. The molecule has 0 spiro atoms. The molecule has 0 radical (unpaired) electrons. The molecule has 100 valence electrons. The van der Waals surface area contributed by atoms with Crippen molar-refractivity contribution >= 4 is 4.68 Å². The van der Waals surface area contributed by atoms with Gasteiger partial charge in [-0.1, -0.05) is 13.3 Å². The molecule has 0 heterocycles. The quantitative estimate of drug-likeness (QED) is 0.370. The van der Waals surface area contributed by atoms with Gasteiger partial charge in [-0.25, -0.2) is 0 Å². The fourth-order valence-electron chi connectivity index (χ4n) is 1.91. The van der Waals surface area contributed by atoms with Gasteiger partial charge in [0.15, 0.2) is 0 Å². The fraction of sp³-hybridized carbons (Fsp3) is 0.929. The first-order valence-electron chi connectivity index (χ1n) is 6.92. The van der Waals surface area contributed by atoms with E-state index in [1.54, 1.807) is 0 Å². The molecule has 0 atom stereocenters. The van der Waals surface area contributed by atoms with Crippen molar-refractivity contribution in [3.63, 3.8) is 0 Å². The Kier molecular flexibility index (Phi) is 13.4. The van der Waals surface area contributed by atoms with Crippen molar-refractivity contribution in [1.29, 1.82) is 0 Å². The van der Waals surface area contributed by atoms with Gasteiger partial charge in [-0.15, -0.1) is 0 Å². The van der Waals surface area contributed by atoms with Crippen LogP contribution in [0.4, 0.5) is 0 Å². The Labute approximate surface area is 110 Å². The van der Waals surface area contributed by atoms with Crippen LogP contribution >= 0.6 is 0 Å². The van der Waals surface area contributed by atoms with Gasteiger partial charge in [-0.05, 0) is 0 Å². The van der Waals surface area contributed by atoms with Gasteiger partial charge in [-0.2, -0.15) is 0 Å². The van der Waals surface area contributed by atoms with E-state index in [0.29, 0.717) is 6.42 Å². The first-order valence-corrected chi connectivity index (χ1v) is 7.39. The number of hydrogen-bond donors (Lipinski definition) is 0. The third-order valence-corrected chi connectivity index (χ3v) is 3.19. The van der Waals surface area contributed by atoms with Crippen molar-refractivity contribution in [1.82, 2.24) is 0 Å². The van der Waals surface area contributed by atoms with Crippen LogP contribution in [-0.2, 0) is 20.8 Å². The standard InChI is InChI=1S/C14H27O.Cu/c1-2-3-4-5-6-7-8-9-10-11-12-13-14-15;/h2-13H2,1H3;. The topological polar surface area (TPSA) is 17.1 Å². The van der Waals surface area contributed by atoms with Crippen molar-refractivity contribution in [3.8, 4) is 0 Å². The Hall–Kier alpha value is 0.189. The molecule has 0 aliphatic rings. The van der Waals surface area contributed by atoms with Gasteiger partial charge in [0.1, 0.15) is 0 Å². The van der Waals surface area contributed by atoms with Gasteiger partial charge in [0.25, 0.3) is 0 Å². The molecular weight excluding hydrogens is 248 g/mol. The van der Waals surface area contributed by atoms with E-state index in [-0.39, 0.29) is 4.68 Å². The summed E-state index contributed by atoms with van der Waals surface area (Å²) in [6, 6.07) is 0. The average molecular weight is 275 g/mol. The van der Waals surface area contributed by atoms with E-state index in [1.165, 1.54) is 64.2 Å². The summed E-state index contributed by atoms with van der Waals surface area (Å²) in [7, 11) is 0. The zero-order valence-electron chi connectivity index (χ0n) is 10.7.